The lowest BCUT2D eigenvalue weighted by molar-refractivity contribution is 0.381. The third-order valence-electron chi connectivity index (χ3n) is 9.42. The predicted octanol–water partition coefficient (Wildman–Crippen LogP) is 11.7. The minimum Gasteiger partial charge on any atom is -0.203 e. The summed E-state index contributed by atoms with van der Waals surface area (Å²) in [4.78, 5) is 0. The topological polar surface area (TPSA) is 0 Å². The van der Waals surface area contributed by atoms with E-state index in [2.05, 4.69) is 0 Å². The Morgan fingerprint density at radius 3 is 1.24 bits per heavy atom. The van der Waals surface area contributed by atoms with Crippen LogP contribution in [0.5, 0.6) is 0 Å². The van der Waals surface area contributed by atoms with Gasteiger partial charge in [0.25, 0.3) is 0 Å². The highest BCUT2D eigenvalue weighted by Crippen LogP contribution is 2.51. The van der Waals surface area contributed by atoms with Gasteiger partial charge in [0.15, 0.2) is 46.5 Å². The lowest BCUT2D eigenvalue weighted by Gasteiger charge is -2.28. The normalized spacial score (nSPS) is 13.9. The number of allylic oxidation sites excluding steroid dienone is 4. The van der Waals surface area contributed by atoms with Crippen LogP contribution >= 0.6 is 0 Å². The zero-order valence-electron chi connectivity index (χ0n) is 24.8. The Morgan fingerprint density at radius 2 is 0.796 bits per heavy atom. The SMILES string of the molecule is Fc1c(F)c(F)c(-c2cc3ccccc3c3c2CC2=C(CC=C2)Cc2c(-c4c(F)c(F)c(F)c(F)c4F)cc4ccccc4c2-3)c(F)c1F. The number of rotatable bonds is 2. The maximum absolute atomic E-state index is 15.6. The van der Waals surface area contributed by atoms with Crippen LogP contribution in [0.3, 0.4) is 0 Å². The van der Waals surface area contributed by atoms with Gasteiger partial charge in [0, 0.05) is 0 Å². The van der Waals surface area contributed by atoms with Crippen LogP contribution in [0, 0.1) is 58.2 Å². The summed E-state index contributed by atoms with van der Waals surface area (Å²) in [6.45, 7) is 0. The standard InChI is InChI=1S/C39H18F10/c40-30-28(31(41)35(45)38(48)34(30)44)24-14-18-6-1-3-10-20(18)26-22(24)12-16-8-5-9-17(16)13-23-25(15-19-7-2-4-11-21(19)27(23)26)29-32(42)36(46)39(49)37(47)33(29)43/h1-8,10-11,14-15H,9,12-13H2. The van der Waals surface area contributed by atoms with Crippen molar-refractivity contribution in [3.05, 3.63) is 153 Å². The quantitative estimate of drug-likeness (QED) is 0.0973. The van der Waals surface area contributed by atoms with Crippen molar-refractivity contribution in [2.45, 2.75) is 19.3 Å². The molecule has 0 fully saturated rings. The third kappa shape index (κ3) is 4.39. The minimum atomic E-state index is -2.32. The first-order valence-corrected chi connectivity index (χ1v) is 15.0. The fourth-order valence-electron chi connectivity index (χ4n) is 7.21. The van der Waals surface area contributed by atoms with Crippen LogP contribution in [0.15, 0.2) is 84.0 Å². The van der Waals surface area contributed by atoms with Gasteiger partial charge in [-0.3, -0.25) is 0 Å². The second-order valence-electron chi connectivity index (χ2n) is 12.0. The van der Waals surface area contributed by atoms with Crippen molar-refractivity contribution in [2.75, 3.05) is 0 Å². The molecular formula is C39H18F10. The number of benzene rings is 6. The molecule has 49 heavy (non-hydrogen) atoms. The molecule has 0 aliphatic heterocycles. The van der Waals surface area contributed by atoms with Crippen molar-refractivity contribution in [1.82, 2.24) is 0 Å². The van der Waals surface area contributed by atoms with E-state index >= 15 is 17.6 Å². The van der Waals surface area contributed by atoms with E-state index in [9.17, 15) is 26.3 Å². The first kappa shape index (κ1) is 30.9. The molecular weight excluding hydrogens is 658 g/mol. The number of fused-ring (bicyclic) bond motifs is 7. The molecule has 0 unspecified atom stereocenters. The van der Waals surface area contributed by atoms with E-state index in [0.29, 0.717) is 39.1 Å². The maximum Gasteiger partial charge on any atom is 0.200 e. The molecule has 0 spiro atoms. The summed E-state index contributed by atoms with van der Waals surface area (Å²) < 4.78 is 150. The Kier molecular flexibility index (Phi) is 6.99. The first-order chi connectivity index (χ1) is 23.5. The Labute approximate surface area is 271 Å². The highest BCUT2D eigenvalue weighted by Gasteiger charge is 2.34. The summed E-state index contributed by atoms with van der Waals surface area (Å²) in [5.41, 5.74) is -0.869. The van der Waals surface area contributed by atoms with E-state index in [1.165, 1.54) is 12.1 Å². The Balaban J connectivity index is 1.63. The van der Waals surface area contributed by atoms with Gasteiger partial charge in [0.1, 0.15) is 0 Å². The molecule has 10 heteroatoms. The van der Waals surface area contributed by atoms with E-state index < -0.39 is 69.3 Å². The van der Waals surface area contributed by atoms with Crippen LogP contribution in [-0.2, 0) is 12.8 Å². The van der Waals surface area contributed by atoms with Crippen LogP contribution in [0.2, 0.25) is 0 Å². The molecule has 2 aliphatic rings. The molecule has 0 radical (unpaired) electrons. The van der Waals surface area contributed by atoms with Gasteiger partial charge < -0.3 is 0 Å². The fourth-order valence-corrected chi connectivity index (χ4v) is 7.21. The predicted molar refractivity (Wildman–Crippen MR) is 166 cm³/mol. The highest BCUT2D eigenvalue weighted by atomic mass is 19.2. The largest absolute Gasteiger partial charge is 0.203 e. The number of hydrogen-bond donors (Lipinski definition) is 0. The van der Waals surface area contributed by atoms with Crippen LogP contribution in [0.4, 0.5) is 43.9 Å². The van der Waals surface area contributed by atoms with Crippen LogP contribution in [-0.4, -0.2) is 0 Å². The van der Waals surface area contributed by atoms with Crippen molar-refractivity contribution in [3.63, 3.8) is 0 Å². The molecule has 6 aromatic rings. The molecule has 2 aliphatic carbocycles. The van der Waals surface area contributed by atoms with Gasteiger partial charge in [0.05, 0.1) is 11.1 Å². The number of hydrogen-bond acceptors (Lipinski definition) is 0. The highest BCUT2D eigenvalue weighted by molar-refractivity contribution is 6.12. The maximum atomic E-state index is 15.6. The van der Waals surface area contributed by atoms with Crippen LogP contribution < -0.4 is 0 Å². The molecule has 0 nitrogen and oxygen atoms in total. The molecule has 6 aromatic carbocycles. The van der Waals surface area contributed by atoms with E-state index in [-0.39, 0.29) is 46.2 Å². The van der Waals surface area contributed by atoms with E-state index in [1.54, 1.807) is 60.7 Å². The minimum absolute atomic E-state index is 0.0160. The van der Waals surface area contributed by atoms with E-state index in [4.69, 9.17) is 0 Å². The van der Waals surface area contributed by atoms with Crippen LogP contribution in [0.25, 0.3) is 54.9 Å². The second kappa shape index (κ2) is 11.1. The molecule has 0 heterocycles. The number of halogens is 10. The molecule has 8 rings (SSSR count). The first-order valence-electron chi connectivity index (χ1n) is 15.0. The van der Waals surface area contributed by atoms with Crippen molar-refractivity contribution in [2.24, 2.45) is 0 Å². The Bertz CT molecular complexity index is 2470. The summed E-state index contributed by atoms with van der Waals surface area (Å²) >= 11 is 0. The summed E-state index contributed by atoms with van der Waals surface area (Å²) in [5, 5.41) is 1.57. The Hall–Kier alpha value is -5.38. The fraction of sp³-hybridized carbons (Fsp3) is 0.0769. The summed E-state index contributed by atoms with van der Waals surface area (Å²) in [6.07, 6.45) is 3.76. The average molecular weight is 677 g/mol. The molecule has 0 aromatic heterocycles. The summed E-state index contributed by atoms with van der Waals surface area (Å²) in [5.74, 6) is -21.4. The van der Waals surface area contributed by atoms with Crippen molar-refractivity contribution < 1.29 is 43.9 Å². The van der Waals surface area contributed by atoms with Gasteiger partial charge in [0.2, 0.25) is 11.6 Å². The molecule has 0 amide bonds. The molecule has 0 saturated carbocycles. The van der Waals surface area contributed by atoms with E-state index in [0.717, 1.165) is 0 Å². The third-order valence-corrected chi connectivity index (χ3v) is 9.42. The molecule has 244 valence electrons. The monoisotopic (exact) mass is 676 g/mol. The Morgan fingerprint density at radius 1 is 0.408 bits per heavy atom. The lowest BCUT2D eigenvalue weighted by atomic mass is 9.76. The summed E-state index contributed by atoms with van der Waals surface area (Å²) in [6, 6.07) is 15.7. The van der Waals surface area contributed by atoms with Crippen molar-refractivity contribution in [3.8, 4) is 33.4 Å². The second-order valence-corrected chi connectivity index (χ2v) is 12.0. The van der Waals surface area contributed by atoms with Crippen molar-refractivity contribution in [1.29, 1.82) is 0 Å². The molecule has 0 saturated heterocycles. The van der Waals surface area contributed by atoms with Gasteiger partial charge in [-0.05, 0) is 91.9 Å². The molecule has 0 bridgehead atoms. The van der Waals surface area contributed by atoms with E-state index in [1.807, 2.05) is 0 Å². The van der Waals surface area contributed by atoms with Crippen molar-refractivity contribution >= 4 is 21.5 Å². The smallest absolute Gasteiger partial charge is 0.200 e. The van der Waals surface area contributed by atoms with Gasteiger partial charge in [-0.25, -0.2) is 43.9 Å². The van der Waals surface area contributed by atoms with Gasteiger partial charge in [-0.2, -0.15) is 0 Å². The zero-order valence-corrected chi connectivity index (χ0v) is 24.8. The van der Waals surface area contributed by atoms with Crippen LogP contribution in [0.1, 0.15) is 17.5 Å². The lowest BCUT2D eigenvalue weighted by Crippen LogP contribution is -2.11. The molecule has 0 N–H and O–H groups in total. The average Bonchev–Trinajstić information content (AvgIpc) is 3.53. The zero-order chi connectivity index (χ0) is 34.5. The van der Waals surface area contributed by atoms with Gasteiger partial charge in [-0.15, -0.1) is 0 Å². The summed E-state index contributed by atoms with van der Waals surface area (Å²) in [7, 11) is 0. The van der Waals surface area contributed by atoms with Gasteiger partial charge >= 0.3 is 0 Å². The molecule has 0 atom stereocenters. The van der Waals surface area contributed by atoms with Gasteiger partial charge in [-0.1, -0.05) is 66.3 Å².